The molecule has 1 aliphatic heterocycles. The van der Waals surface area contributed by atoms with Crippen molar-refractivity contribution in [2.45, 2.75) is 26.3 Å². The van der Waals surface area contributed by atoms with Gasteiger partial charge < -0.3 is 15.0 Å². The average Bonchev–Trinajstić information content (AvgIpc) is 2.82. The molecule has 0 saturated carbocycles. The van der Waals surface area contributed by atoms with Crippen molar-refractivity contribution in [1.29, 1.82) is 0 Å². The Labute approximate surface area is 197 Å². The fraction of sp³-hybridized carbons (Fsp3) is 0.370. The number of benzene rings is 3. The Balaban J connectivity index is 1.51. The zero-order valence-electron chi connectivity index (χ0n) is 19.1. The van der Waals surface area contributed by atoms with Crippen LogP contribution in [0.25, 0.3) is 10.8 Å². The maximum atomic E-state index is 5.90. The lowest BCUT2D eigenvalue weighted by Gasteiger charge is -2.31. The van der Waals surface area contributed by atoms with Crippen molar-refractivity contribution in [1.82, 2.24) is 9.80 Å². The fourth-order valence-corrected chi connectivity index (χ4v) is 4.40. The van der Waals surface area contributed by atoms with Crippen LogP contribution >= 0.6 is 12.2 Å². The van der Waals surface area contributed by atoms with Gasteiger partial charge in [0.15, 0.2) is 5.11 Å². The molecule has 0 unspecified atom stereocenters. The molecule has 4 nitrogen and oxygen atoms in total. The van der Waals surface area contributed by atoms with Gasteiger partial charge in [-0.2, -0.15) is 0 Å². The zero-order chi connectivity index (χ0) is 22.3. The number of morpholine rings is 1. The molecule has 0 aliphatic carbocycles. The van der Waals surface area contributed by atoms with Gasteiger partial charge in [-0.15, -0.1) is 0 Å². The molecular weight excluding hydrogens is 414 g/mol. The van der Waals surface area contributed by atoms with Crippen molar-refractivity contribution in [3.8, 4) is 0 Å². The number of nitrogens with zero attached hydrogens (tertiary/aromatic N) is 2. The second kappa shape index (κ2) is 10.9. The van der Waals surface area contributed by atoms with Crippen LogP contribution in [0.5, 0.6) is 0 Å². The summed E-state index contributed by atoms with van der Waals surface area (Å²) in [6.07, 6.45) is 0. The largest absolute Gasteiger partial charge is 0.379 e. The van der Waals surface area contributed by atoms with E-state index in [1.54, 1.807) is 0 Å². The average molecular weight is 448 g/mol. The Morgan fingerprint density at radius 3 is 2.47 bits per heavy atom. The molecular formula is C27H33N3OS. The maximum Gasteiger partial charge on any atom is 0.173 e. The van der Waals surface area contributed by atoms with Crippen LogP contribution in [0.3, 0.4) is 0 Å². The third kappa shape index (κ3) is 5.85. The van der Waals surface area contributed by atoms with Crippen LogP contribution in [0.4, 0.5) is 5.69 Å². The number of rotatable bonds is 7. The van der Waals surface area contributed by atoms with Crippen LogP contribution in [-0.2, 0) is 11.3 Å². The van der Waals surface area contributed by atoms with Gasteiger partial charge >= 0.3 is 0 Å². The summed E-state index contributed by atoms with van der Waals surface area (Å²) in [7, 11) is 0. The van der Waals surface area contributed by atoms with Gasteiger partial charge in [-0.05, 0) is 52.2 Å². The van der Waals surface area contributed by atoms with Gasteiger partial charge in [-0.3, -0.25) is 4.90 Å². The van der Waals surface area contributed by atoms with Crippen LogP contribution in [-0.4, -0.2) is 54.3 Å². The molecule has 168 valence electrons. The van der Waals surface area contributed by atoms with Crippen LogP contribution in [0.1, 0.15) is 30.9 Å². The molecule has 3 aromatic rings. The number of fused-ring (bicyclic) bond motifs is 1. The number of hydrogen-bond donors (Lipinski definition) is 1. The van der Waals surface area contributed by atoms with Crippen molar-refractivity contribution in [3.05, 3.63) is 77.9 Å². The summed E-state index contributed by atoms with van der Waals surface area (Å²) in [6.45, 7) is 10.7. The van der Waals surface area contributed by atoms with Crippen molar-refractivity contribution in [3.63, 3.8) is 0 Å². The third-order valence-electron chi connectivity index (χ3n) is 6.15. The Bertz CT molecular complexity index is 1020. The van der Waals surface area contributed by atoms with Crippen LogP contribution < -0.4 is 5.32 Å². The number of anilines is 1. The van der Waals surface area contributed by atoms with Crippen molar-refractivity contribution >= 4 is 33.8 Å². The van der Waals surface area contributed by atoms with Gasteiger partial charge in [0.05, 0.1) is 13.2 Å². The number of ether oxygens (including phenoxy) is 1. The number of hydrogen-bond acceptors (Lipinski definition) is 3. The highest BCUT2D eigenvalue weighted by molar-refractivity contribution is 7.80. The minimum Gasteiger partial charge on any atom is -0.379 e. The Kier molecular flexibility index (Phi) is 7.74. The van der Waals surface area contributed by atoms with Crippen molar-refractivity contribution in [2.75, 3.05) is 44.7 Å². The van der Waals surface area contributed by atoms with Gasteiger partial charge in [0.1, 0.15) is 0 Å². The lowest BCUT2D eigenvalue weighted by molar-refractivity contribution is 0.0358. The number of nitrogens with one attached hydrogen (secondary N) is 1. The number of thiocarbonyl (C=S) groups is 1. The highest BCUT2D eigenvalue weighted by atomic mass is 32.1. The first-order valence-corrected chi connectivity index (χ1v) is 11.9. The van der Waals surface area contributed by atoms with Crippen molar-refractivity contribution < 1.29 is 4.74 Å². The van der Waals surface area contributed by atoms with Gasteiger partial charge in [-0.25, -0.2) is 0 Å². The standard InChI is InChI=1S/C27H33N3OS/c1-21(2)22-10-12-25(13-11-22)28-27(32)30(15-14-29-16-18-31-19-17-29)20-24-8-5-7-23-6-3-4-9-26(23)24/h3-13,21H,14-20H2,1-2H3,(H,28,32). The molecule has 0 aromatic heterocycles. The quantitative estimate of drug-likeness (QED) is 0.483. The maximum absolute atomic E-state index is 5.90. The highest BCUT2D eigenvalue weighted by Crippen LogP contribution is 2.21. The summed E-state index contributed by atoms with van der Waals surface area (Å²) in [5, 5.41) is 6.80. The lowest BCUT2D eigenvalue weighted by atomic mass is 10.0. The topological polar surface area (TPSA) is 27.7 Å². The molecule has 0 radical (unpaired) electrons. The molecule has 4 rings (SSSR count). The predicted octanol–water partition coefficient (Wildman–Crippen LogP) is 5.49. The lowest BCUT2D eigenvalue weighted by Crippen LogP contribution is -2.44. The summed E-state index contributed by atoms with van der Waals surface area (Å²) in [6, 6.07) is 23.7. The zero-order valence-corrected chi connectivity index (χ0v) is 19.9. The first-order valence-electron chi connectivity index (χ1n) is 11.5. The molecule has 5 heteroatoms. The molecule has 1 heterocycles. The van der Waals surface area contributed by atoms with Crippen LogP contribution in [0.2, 0.25) is 0 Å². The Morgan fingerprint density at radius 1 is 1.00 bits per heavy atom. The summed E-state index contributed by atoms with van der Waals surface area (Å²) in [5.41, 5.74) is 3.67. The monoisotopic (exact) mass is 447 g/mol. The Morgan fingerprint density at radius 2 is 1.72 bits per heavy atom. The molecule has 3 aromatic carbocycles. The van der Waals surface area contributed by atoms with E-state index in [0.29, 0.717) is 5.92 Å². The van der Waals surface area contributed by atoms with E-state index in [2.05, 4.69) is 95.7 Å². The summed E-state index contributed by atoms with van der Waals surface area (Å²) in [5.74, 6) is 0.521. The van der Waals surface area contributed by atoms with E-state index < -0.39 is 0 Å². The second-order valence-corrected chi connectivity index (χ2v) is 9.11. The van der Waals surface area contributed by atoms with E-state index in [0.717, 1.165) is 56.7 Å². The van der Waals surface area contributed by atoms with E-state index in [9.17, 15) is 0 Å². The van der Waals surface area contributed by atoms with Gasteiger partial charge in [0.25, 0.3) is 0 Å². The normalized spacial score (nSPS) is 14.6. The van der Waals surface area contributed by atoms with Gasteiger partial charge in [0.2, 0.25) is 0 Å². The smallest absolute Gasteiger partial charge is 0.173 e. The predicted molar refractivity (Wildman–Crippen MR) is 138 cm³/mol. The minimum absolute atomic E-state index is 0.521. The molecule has 0 spiro atoms. The SMILES string of the molecule is CC(C)c1ccc(NC(=S)N(CCN2CCOCC2)Cc2cccc3ccccc23)cc1. The first-order chi connectivity index (χ1) is 15.6. The molecule has 1 N–H and O–H groups in total. The molecule has 1 aliphatic rings. The minimum atomic E-state index is 0.521. The van der Waals surface area contributed by atoms with Crippen LogP contribution in [0, 0.1) is 0 Å². The third-order valence-corrected chi connectivity index (χ3v) is 6.51. The molecule has 0 amide bonds. The molecule has 0 bridgehead atoms. The van der Waals surface area contributed by atoms with E-state index in [1.807, 2.05) is 0 Å². The fourth-order valence-electron chi connectivity index (χ4n) is 4.13. The summed E-state index contributed by atoms with van der Waals surface area (Å²) in [4.78, 5) is 4.75. The van der Waals surface area contributed by atoms with E-state index in [1.165, 1.54) is 21.9 Å². The summed E-state index contributed by atoms with van der Waals surface area (Å²) < 4.78 is 5.51. The van der Waals surface area contributed by atoms with Gasteiger partial charge in [0, 0.05) is 38.4 Å². The second-order valence-electron chi connectivity index (χ2n) is 8.72. The van der Waals surface area contributed by atoms with E-state index in [-0.39, 0.29) is 0 Å². The molecule has 0 atom stereocenters. The van der Waals surface area contributed by atoms with Gasteiger partial charge in [-0.1, -0.05) is 68.4 Å². The molecule has 1 fully saturated rings. The van der Waals surface area contributed by atoms with Crippen LogP contribution in [0.15, 0.2) is 66.7 Å². The molecule has 1 saturated heterocycles. The highest BCUT2D eigenvalue weighted by Gasteiger charge is 2.16. The van der Waals surface area contributed by atoms with E-state index in [4.69, 9.17) is 17.0 Å². The molecule has 32 heavy (non-hydrogen) atoms. The first kappa shape index (κ1) is 22.7. The van der Waals surface area contributed by atoms with E-state index >= 15 is 0 Å². The Hall–Kier alpha value is -2.47. The van der Waals surface area contributed by atoms with Crippen molar-refractivity contribution in [2.24, 2.45) is 0 Å². The summed E-state index contributed by atoms with van der Waals surface area (Å²) >= 11 is 5.90.